The van der Waals surface area contributed by atoms with Crippen LogP contribution in [0.5, 0.6) is 0 Å². The van der Waals surface area contributed by atoms with Crippen LogP contribution in [-0.4, -0.2) is 23.4 Å². The molecule has 0 atom stereocenters. The summed E-state index contributed by atoms with van der Waals surface area (Å²) in [6.45, 7) is 2.96. The van der Waals surface area contributed by atoms with Gasteiger partial charge in [0.1, 0.15) is 0 Å². The van der Waals surface area contributed by atoms with Crippen LogP contribution < -0.4 is 5.32 Å². The molecule has 0 unspecified atom stereocenters. The van der Waals surface area contributed by atoms with E-state index in [1.54, 1.807) is 30.3 Å². The number of carboxylic acids is 1. The molecule has 0 aliphatic heterocycles. The maximum absolute atomic E-state index is 12.8. The van der Waals surface area contributed by atoms with E-state index < -0.39 is 5.97 Å². The molecular formula is C20H23NO3. The van der Waals surface area contributed by atoms with E-state index in [2.05, 4.69) is 12.2 Å². The quantitative estimate of drug-likeness (QED) is 0.522. The number of ketones is 1. The Morgan fingerprint density at radius 1 is 0.875 bits per heavy atom. The molecule has 0 aliphatic carbocycles. The molecule has 0 heterocycles. The van der Waals surface area contributed by atoms with E-state index in [4.69, 9.17) is 0 Å². The average Bonchev–Trinajstić information content (AvgIpc) is 2.61. The van der Waals surface area contributed by atoms with Gasteiger partial charge in [-0.05, 0) is 24.6 Å². The van der Waals surface area contributed by atoms with Gasteiger partial charge in [0.2, 0.25) is 0 Å². The summed E-state index contributed by atoms with van der Waals surface area (Å²) in [7, 11) is 0. The first-order valence-electron chi connectivity index (χ1n) is 8.35. The molecule has 24 heavy (non-hydrogen) atoms. The minimum atomic E-state index is -1.09. The van der Waals surface area contributed by atoms with Crippen LogP contribution >= 0.6 is 0 Å². The number of carboxylic acid groups (broad SMARTS) is 1. The van der Waals surface area contributed by atoms with Crippen molar-refractivity contribution in [3.8, 4) is 0 Å². The number of unbranched alkanes of at least 4 members (excludes halogenated alkanes) is 3. The molecular weight excluding hydrogens is 302 g/mol. The van der Waals surface area contributed by atoms with Gasteiger partial charge >= 0.3 is 5.97 Å². The van der Waals surface area contributed by atoms with Gasteiger partial charge in [-0.1, -0.05) is 56.5 Å². The Labute approximate surface area is 142 Å². The van der Waals surface area contributed by atoms with E-state index in [-0.39, 0.29) is 16.9 Å². The summed E-state index contributed by atoms with van der Waals surface area (Å²) in [6, 6.07) is 13.6. The fourth-order valence-corrected chi connectivity index (χ4v) is 2.62. The normalized spacial score (nSPS) is 10.4. The van der Waals surface area contributed by atoms with Gasteiger partial charge in [-0.2, -0.15) is 0 Å². The van der Waals surface area contributed by atoms with Crippen LogP contribution in [0.25, 0.3) is 0 Å². The number of benzene rings is 2. The summed E-state index contributed by atoms with van der Waals surface area (Å²) in [5, 5.41) is 12.6. The molecule has 126 valence electrons. The molecule has 2 rings (SSSR count). The highest BCUT2D eigenvalue weighted by atomic mass is 16.4. The number of aromatic carboxylic acids is 1. The second-order valence-electron chi connectivity index (χ2n) is 5.71. The van der Waals surface area contributed by atoms with Crippen molar-refractivity contribution in [3.05, 3.63) is 65.2 Å². The van der Waals surface area contributed by atoms with E-state index in [1.807, 2.05) is 12.1 Å². The van der Waals surface area contributed by atoms with Gasteiger partial charge in [0.25, 0.3) is 0 Å². The lowest BCUT2D eigenvalue weighted by Crippen LogP contribution is -2.12. The summed E-state index contributed by atoms with van der Waals surface area (Å²) >= 11 is 0. The van der Waals surface area contributed by atoms with Crippen LogP contribution in [0.15, 0.2) is 48.5 Å². The molecule has 0 aromatic heterocycles. The van der Waals surface area contributed by atoms with Crippen LogP contribution in [0.4, 0.5) is 5.69 Å². The molecule has 0 radical (unpaired) electrons. The van der Waals surface area contributed by atoms with Gasteiger partial charge in [0, 0.05) is 23.4 Å². The third-order valence-corrected chi connectivity index (χ3v) is 3.92. The molecule has 2 aromatic rings. The van der Waals surface area contributed by atoms with Crippen LogP contribution in [0.2, 0.25) is 0 Å². The number of anilines is 1. The Morgan fingerprint density at radius 3 is 2.17 bits per heavy atom. The predicted molar refractivity (Wildman–Crippen MR) is 95.9 cm³/mol. The minimum absolute atomic E-state index is 0.0280. The Kier molecular flexibility index (Phi) is 6.55. The van der Waals surface area contributed by atoms with Gasteiger partial charge in [0.05, 0.1) is 5.56 Å². The van der Waals surface area contributed by atoms with E-state index in [0.29, 0.717) is 5.56 Å². The molecule has 0 fully saturated rings. The molecule has 2 aromatic carbocycles. The number of para-hydroxylation sites is 1. The van der Waals surface area contributed by atoms with Crippen molar-refractivity contribution >= 4 is 17.4 Å². The van der Waals surface area contributed by atoms with Crippen molar-refractivity contribution in [2.75, 3.05) is 11.9 Å². The van der Waals surface area contributed by atoms with E-state index in [0.717, 1.165) is 25.1 Å². The lowest BCUT2D eigenvalue weighted by atomic mass is 9.97. The molecule has 4 heteroatoms. The Balaban J connectivity index is 2.20. The fraction of sp³-hybridized carbons (Fsp3) is 0.300. The monoisotopic (exact) mass is 325 g/mol. The van der Waals surface area contributed by atoms with Gasteiger partial charge in [-0.15, -0.1) is 0 Å². The predicted octanol–water partition coefficient (Wildman–Crippen LogP) is 4.61. The number of rotatable bonds is 9. The second kappa shape index (κ2) is 8.87. The van der Waals surface area contributed by atoms with Crippen LogP contribution in [0, 0.1) is 0 Å². The van der Waals surface area contributed by atoms with E-state index >= 15 is 0 Å². The van der Waals surface area contributed by atoms with Crippen molar-refractivity contribution in [3.63, 3.8) is 0 Å². The maximum Gasteiger partial charge on any atom is 0.336 e. The molecule has 0 amide bonds. The van der Waals surface area contributed by atoms with Crippen LogP contribution in [0.3, 0.4) is 0 Å². The molecule has 4 nitrogen and oxygen atoms in total. The lowest BCUT2D eigenvalue weighted by Gasteiger charge is -2.12. The number of carbonyl (C=O) groups excluding carboxylic acids is 1. The zero-order valence-electron chi connectivity index (χ0n) is 13.9. The van der Waals surface area contributed by atoms with Crippen molar-refractivity contribution in [1.29, 1.82) is 0 Å². The van der Waals surface area contributed by atoms with E-state index in [9.17, 15) is 14.7 Å². The van der Waals surface area contributed by atoms with Gasteiger partial charge in [-0.25, -0.2) is 4.79 Å². The molecule has 0 spiro atoms. The summed E-state index contributed by atoms with van der Waals surface area (Å²) in [4.78, 5) is 24.2. The Hall–Kier alpha value is -2.62. The zero-order valence-corrected chi connectivity index (χ0v) is 13.9. The Bertz CT molecular complexity index is 710. The lowest BCUT2D eigenvalue weighted by molar-refractivity contribution is 0.0693. The first-order valence-corrected chi connectivity index (χ1v) is 8.35. The maximum atomic E-state index is 12.8. The SMILES string of the molecule is CCCCCCNc1ccccc1C(=O)c1ccccc1C(=O)O. The molecule has 0 aliphatic rings. The Morgan fingerprint density at radius 2 is 1.50 bits per heavy atom. The number of hydrogen-bond donors (Lipinski definition) is 2. The zero-order chi connectivity index (χ0) is 17.4. The molecule has 0 saturated carbocycles. The van der Waals surface area contributed by atoms with E-state index in [1.165, 1.54) is 18.9 Å². The minimum Gasteiger partial charge on any atom is -0.478 e. The number of nitrogens with one attached hydrogen (secondary N) is 1. The molecule has 0 saturated heterocycles. The fourth-order valence-electron chi connectivity index (χ4n) is 2.62. The van der Waals surface area contributed by atoms with Crippen LogP contribution in [0.1, 0.15) is 58.9 Å². The summed E-state index contributed by atoms with van der Waals surface area (Å²) < 4.78 is 0. The third kappa shape index (κ3) is 4.44. The average molecular weight is 325 g/mol. The van der Waals surface area contributed by atoms with Crippen molar-refractivity contribution in [2.45, 2.75) is 32.6 Å². The molecule has 2 N–H and O–H groups in total. The standard InChI is InChI=1S/C20H23NO3/c1-2-3-4-9-14-21-18-13-8-7-12-17(18)19(22)15-10-5-6-11-16(15)20(23)24/h5-8,10-13,21H,2-4,9,14H2,1H3,(H,23,24). The first-order chi connectivity index (χ1) is 11.6. The van der Waals surface area contributed by atoms with Crippen molar-refractivity contribution < 1.29 is 14.7 Å². The summed E-state index contributed by atoms with van der Waals surface area (Å²) in [5.74, 6) is -1.37. The van der Waals surface area contributed by atoms with Crippen LogP contribution in [-0.2, 0) is 0 Å². The first kappa shape index (κ1) is 17.7. The van der Waals surface area contributed by atoms with Gasteiger partial charge in [-0.3, -0.25) is 4.79 Å². The second-order valence-corrected chi connectivity index (χ2v) is 5.71. The number of carbonyl (C=O) groups is 2. The summed E-state index contributed by atoms with van der Waals surface area (Å²) in [5.41, 5.74) is 1.49. The van der Waals surface area contributed by atoms with Crippen molar-refractivity contribution in [1.82, 2.24) is 0 Å². The van der Waals surface area contributed by atoms with Gasteiger partial charge in [0.15, 0.2) is 5.78 Å². The number of hydrogen-bond acceptors (Lipinski definition) is 3. The topological polar surface area (TPSA) is 66.4 Å². The highest BCUT2D eigenvalue weighted by Crippen LogP contribution is 2.21. The largest absolute Gasteiger partial charge is 0.478 e. The highest BCUT2D eigenvalue weighted by Gasteiger charge is 2.19. The smallest absolute Gasteiger partial charge is 0.336 e. The highest BCUT2D eigenvalue weighted by molar-refractivity contribution is 6.16. The van der Waals surface area contributed by atoms with Crippen molar-refractivity contribution in [2.24, 2.45) is 0 Å². The molecule has 0 bridgehead atoms. The van der Waals surface area contributed by atoms with Gasteiger partial charge < -0.3 is 10.4 Å². The third-order valence-electron chi connectivity index (χ3n) is 3.92. The summed E-state index contributed by atoms with van der Waals surface area (Å²) in [6.07, 6.45) is 4.58.